The molecule has 0 spiro atoms. The molecule has 0 atom stereocenters. The molecule has 0 unspecified atom stereocenters. The summed E-state index contributed by atoms with van der Waals surface area (Å²) in [6.45, 7) is -4.42. The van der Waals surface area contributed by atoms with Gasteiger partial charge in [0, 0.05) is 29.2 Å². The summed E-state index contributed by atoms with van der Waals surface area (Å²) in [5, 5.41) is 40.2. The summed E-state index contributed by atoms with van der Waals surface area (Å²) in [6, 6.07) is 9.50. The molecule has 1 N–H and O–H groups in total. The lowest BCUT2D eigenvalue weighted by atomic mass is 10.2. The third kappa shape index (κ3) is 4.95. The number of phenolic OH excluding ortho intramolecular Hbond substituents is 1. The fraction of sp³-hybridized carbons (Fsp3) is 0.211. The molecule has 0 fully saturated rings. The Morgan fingerprint density at radius 2 is 1.48 bits per heavy atom. The summed E-state index contributed by atoms with van der Waals surface area (Å²) < 4.78 is 47.7. The van der Waals surface area contributed by atoms with Gasteiger partial charge < -0.3 is 10.0 Å². The number of anilines is 1. The fourth-order valence-electron chi connectivity index (χ4n) is 2.79. The largest absolute Gasteiger partial charge is 0.497 e. The first kappa shape index (κ1) is 16.9. The van der Waals surface area contributed by atoms with Crippen LogP contribution in [0.5, 0.6) is 5.75 Å². The number of non-ortho nitro benzene ring substituents is 1. The van der Waals surface area contributed by atoms with Gasteiger partial charge >= 0.3 is 11.4 Å². The summed E-state index contributed by atoms with van der Waals surface area (Å²) in [5.74, 6) is -1.21. The van der Waals surface area contributed by atoms with Crippen molar-refractivity contribution < 1.29 is 28.1 Å². The summed E-state index contributed by atoms with van der Waals surface area (Å²) in [6.07, 6.45) is 0. The van der Waals surface area contributed by atoms with Crippen LogP contribution in [0.4, 0.5) is 22.7 Å². The first-order valence-electron chi connectivity index (χ1n) is 11.7. The molecule has 0 saturated heterocycles. The Morgan fingerprint density at radius 3 is 1.91 bits per heavy atom. The van der Waals surface area contributed by atoms with E-state index in [1.165, 1.54) is 16.3 Å². The van der Waals surface area contributed by atoms with Crippen LogP contribution >= 0.6 is 0 Å². The molecule has 3 aromatic rings. The molecule has 1 aromatic heterocycles. The molecule has 3 rings (SSSR count). The molecule has 0 amide bonds. The van der Waals surface area contributed by atoms with Crippen molar-refractivity contribution in [3.63, 3.8) is 0 Å². The number of para-hydroxylation sites is 1. The topological polar surface area (TPSA) is 180 Å². The van der Waals surface area contributed by atoms with Crippen molar-refractivity contribution in [3.05, 3.63) is 88.9 Å². The van der Waals surface area contributed by atoms with E-state index in [0.717, 1.165) is 0 Å². The van der Waals surface area contributed by atoms with Crippen LogP contribution in [-0.4, -0.2) is 43.2 Å². The minimum atomic E-state index is -2.97. The van der Waals surface area contributed by atoms with Crippen molar-refractivity contribution in [1.82, 2.24) is 9.36 Å². The highest BCUT2D eigenvalue weighted by Gasteiger charge is 2.30. The summed E-state index contributed by atoms with van der Waals surface area (Å²) in [4.78, 5) is 40.7. The monoisotopic (exact) mass is 466 g/mol. The number of hydrogen-bond acceptors (Lipinski definition) is 9. The molecular formula is C19H20N6O8. The molecule has 1 heterocycles. The van der Waals surface area contributed by atoms with E-state index in [0.29, 0.717) is 17.8 Å². The smallest absolute Gasteiger partial charge is 0.324 e. The number of rotatable bonds is 5. The van der Waals surface area contributed by atoms with Crippen LogP contribution in [0.25, 0.3) is 5.69 Å². The molecule has 14 heteroatoms. The van der Waals surface area contributed by atoms with Crippen molar-refractivity contribution in [1.29, 1.82) is 0 Å². The molecule has 0 aliphatic rings. The van der Waals surface area contributed by atoms with Gasteiger partial charge in [0.2, 0.25) is 0 Å². The number of nitro benzene ring substituents is 3. The van der Waals surface area contributed by atoms with Gasteiger partial charge in [0.25, 0.3) is 17.0 Å². The zero-order valence-electron chi connectivity index (χ0n) is 23.0. The van der Waals surface area contributed by atoms with Crippen LogP contribution in [0.1, 0.15) is 13.9 Å². The van der Waals surface area contributed by atoms with Gasteiger partial charge in [0.1, 0.15) is 5.69 Å². The summed E-state index contributed by atoms with van der Waals surface area (Å²) >= 11 is 0. The number of aromatic hydroxyl groups is 1. The van der Waals surface area contributed by atoms with E-state index in [-0.39, 0.29) is 16.3 Å². The number of hydrogen-bond donors (Lipinski definition) is 1. The Balaban J connectivity index is 0.000000293. The Kier molecular flexibility index (Phi) is 4.91. The maximum absolute atomic E-state index is 12.7. The van der Waals surface area contributed by atoms with Gasteiger partial charge in [-0.3, -0.25) is 39.8 Å². The third-order valence-corrected chi connectivity index (χ3v) is 4.41. The Morgan fingerprint density at radius 1 is 0.970 bits per heavy atom. The third-order valence-electron chi connectivity index (χ3n) is 4.41. The number of nitrogens with zero attached hydrogens (tertiary/aromatic N) is 6. The Bertz CT molecular complexity index is 1430. The quantitative estimate of drug-likeness (QED) is 0.437. The van der Waals surface area contributed by atoms with E-state index in [1.807, 2.05) is 0 Å². The second-order valence-corrected chi connectivity index (χ2v) is 6.35. The van der Waals surface area contributed by atoms with Crippen LogP contribution in [0.15, 0.2) is 47.3 Å². The predicted octanol–water partition coefficient (Wildman–Crippen LogP) is 2.67. The van der Waals surface area contributed by atoms with Gasteiger partial charge in [0.15, 0.2) is 0 Å². The average molecular weight is 466 g/mol. The second-order valence-electron chi connectivity index (χ2n) is 6.35. The van der Waals surface area contributed by atoms with Crippen LogP contribution in [0.3, 0.4) is 0 Å². The van der Waals surface area contributed by atoms with Crippen LogP contribution in [0.2, 0.25) is 0 Å². The van der Waals surface area contributed by atoms with Crippen LogP contribution in [0, 0.1) is 37.3 Å². The minimum absolute atomic E-state index is 0.233. The second kappa shape index (κ2) is 9.59. The summed E-state index contributed by atoms with van der Waals surface area (Å²) in [5.41, 5.74) is -3.27. The lowest BCUT2D eigenvalue weighted by molar-refractivity contribution is -0.404. The van der Waals surface area contributed by atoms with Gasteiger partial charge in [-0.25, -0.2) is 4.68 Å². The van der Waals surface area contributed by atoms with E-state index < -0.39 is 57.1 Å². The molecule has 174 valence electrons. The van der Waals surface area contributed by atoms with Crippen molar-refractivity contribution in [2.45, 2.75) is 6.92 Å². The molecule has 0 bridgehead atoms. The van der Waals surface area contributed by atoms with E-state index >= 15 is 0 Å². The maximum atomic E-state index is 12.7. The summed E-state index contributed by atoms with van der Waals surface area (Å²) in [7, 11) is 1.57. The lowest BCUT2D eigenvalue weighted by Gasteiger charge is -2.09. The van der Waals surface area contributed by atoms with Gasteiger partial charge in [-0.05, 0) is 19.1 Å². The Labute approximate surface area is 194 Å². The molecule has 0 aliphatic heterocycles. The first-order valence-corrected chi connectivity index (χ1v) is 8.75. The van der Waals surface area contributed by atoms with E-state index in [2.05, 4.69) is 0 Å². The van der Waals surface area contributed by atoms with Crippen molar-refractivity contribution >= 4 is 22.7 Å². The maximum Gasteiger partial charge on any atom is 0.324 e. The highest BCUT2D eigenvalue weighted by molar-refractivity contribution is 5.64. The number of phenols is 1. The molecule has 0 saturated carbocycles. The van der Waals surface area contributed by atoms with Crippen LogP contribution < -0.4 is 10.5 Å². The van der Waals surface area contributed by atoms with Gasteiger partial charge in [-0.2, -0.15) is 0 Å². The predicted molar refractivity (Wildman–Crippen MR) is 118 cm³/mol. The SMILES string of the molecule is O=[N+]([O-])c1cc([N+](=O)[O-])c(O)c([N+](=O)[O-])c1.[2H]C([2H])([2H])N(c1c(C)n(C)n(-c2ccccc2)c1=O)C([2H])([2H])[2H]. The van der Waals surface area contributed by atoms with Gasteiger partial charge in [-0.1, -0.05) is 18.2 Å². The number of nitro groups is 3. The van der Waals surface area contributed by atoms with Gasteiger partial charge in [-0.15, -0.1) is 0 Å². The van der Waals surface area contributed by atoms with E-state index in [1.54, 1.807) is 37.4 Å². The lowest BCUT2D eigenvalue weighted by Crippen LogP contribution is -2.23. The molecule has 2 aromatic carbocycles. The molecule has 0 aliphatic carbocycles. The molecule has 14 nitrogen and oxygen atoms in total. The molecule has 0 radical (unpaired) electrons. The van der Waals surface area contributed by atoms with E-state index in [4.69, 9.17) is 13.3 Å². The standard InChI is InChI=1S/C13H17N3O.C6H3N3O7/c1-10-12(14(2)3)13(17)16(15(10)4)11-8-6-5-7-9-11;10-6-4(8(13)14)1-3(7(11)12)2-5(6)9(15)16/h5-9H,1-4H3;1-2,10H/i2D3,3D3;. The zero-order chi connectivity index (χ0) is 30.0. The first-order chi connectivity index (χ1) is 17.8. The van der Waals surface area contributed by atoms with Crippen molar-refractivity contribution in [2.24, 2.45) is 7.05 Å². The fourth-order valence-corrected chi connectivity index (χ4v) is 2.79. The zero-order valence-corrected chi connectivity index (χ0v) is 17.0. The highest BCUT2D eigenvalue weighted by Crippen LogP contribution is 2.38. The minimum Gasteiger partial charge on any atom is -0.497 e. The van der Waals surface area contributed by atoms with Crippen LogP contribution in [-0.2, 0) is 7.05 Å². The van der Waals surface area contributed by atoms with Crippen molar-refractivity contribution in [2.75, 3.05) is 18.9 Å². The highest BCUT2D eigenvalue weighted by atomic mass is 16.6. The Hall–Kier alpha value is -4.75. The number of aromatic nitrogens is 2. The normalized spacial score (nSPS) is 13.6. The van der Waals surface area contributed by atoms with Crippen molar-refractivity contribution in [3.8, 4) is 11.4 Å². The number of benzene rings is 2. The molecule has 33 heavy (non-hydrogen) atoms. The molecular weight excluding hydrogens is 440 g/mol. The average Bonchev–Trinajstić information content (AvgIpc) is 3.01. The van der Waals surface area contributed by atoms with E-state index in [9.17, 15) is 35.1 Å². The van der Waals surface area contributed by atoms with Gasteiger partial charge in [0.05, 0.1) is 38.3 Å².